The Hall–Kier alpha value is -3.14. The second-order valence-electron chi connectivity index (χ2n) is 8.70. The number of ether oxygens (including phenoxy) is 1. The van der Waals surface area contributed by atoms with E-state index in [9.17, 15) is 41.0 Å². The first-order valence-corrected chi connectivity index (χ1v) is 11.2. The summed E-state index contributed by atoms with van der Waals surface area (Å²) in [6.07, 6.45) is -10.9. The number of hydrogen-bond donors (Lipinski definition) is 1. The van der Waals surface area contributed by atoms with Gasteiger partial charge in [-0.15, -0.1) is 6.42 Å². The zero-order chi connectivity index (χ0) is 26.7. The van der Waals surface area contributed by atoms with Crippen molar-refractivity contribution < 1.29 is 45.8 Å². The van der Waals surface area contributed by atoms with E-state index in [1.165, 1.54) is 0 Å². The third-order valence-corrected chi connectivity index (χ3v) is 6.27. The van der Waals surface area contributed by atoms with Gasteiger partial charge in [0, 0.05) is 57.1 Å². The van der Waals surface area contributed by atoms with Crippen molar-refractivity contribution in [2.75, 3.05) is 44.2 Å². The number of benzene rings is 1. The Kier molecular flexibility index (Phi) is 8.28. The number of carbonyl (C=O) groups is 2. The summed E-state index contributed by atoms with van der Waals surface area (Å²) in [5.74, 6) is 1.32. The van der Waals surface area contributed by atoms with Crippen LogP contribution in [0.1, 0.15) is 24.0 Å². The van der Waals surface area contributed by atoms with Gasteiger partial charge in [-0.25, -0.2) is 4.79 Å². The van der Waals surface area contributed by atoms with Crippen LogP contribution in [0.15, 0.2) is 18.2 Å². The number of piperidine rings is 1. The molecule has 198 valence electrons. The number of carboxylic acids is 1. The lowest BCUT2D eigenvalue weighted by molar-refractivity contribution is -0.308. The largest absolute Gasteiger partial charge is 0.481 e. The van der Waals surface area contributed by atoms with Gasteiger partial charge in [-0.2, -0.15) is 26.3 Å². The standard InChI is InChI=1S/C23H25F6N3O4/c1-2-15-3-4-17(18(13-15)31-7-5-16(6-8-31)19(33)34)14-30-9-11-32(12-10-30)21(35)36-20(22(24,25)26)23(27,28)29/h1,3-4,13,16,20H,5-12,14H2,(H,33,34). The predicted molar refractivity (Wildman–Crippen MR) is 116 cm³/mol. The van der Waals surface area contributed by atoms with Crippen molar-refractivity contribution >= 4 is 17.7 Å². The Morgan fingerprint density at radius 1 is 1.03 bits per heavy atom. The number of amides is 1. The average molecular weight is 521 g/mol. The van der Waals surface area contributed by atoms with E-state index in [-0.39, 0.29) is 26.2 Å². The molecule has 0 bridgehead atoms. The van der Waals surface area contributed by atoms with Crippen molar-refractivity contribution in [2.24, 2.45) is 5.92 Å². The number of rotatable bonds is 5. The van der Waals surface area contributed by atoms with Crippen molar-refractivity contribution in [2.45, 2.75) is 37.8 Å². The first kappa shape index (κ1) is 27.4. The Morgan fingerprint density at radius 2 is 1.61 bits per heavy atom. The van der Waals surface area contributed by atoms with E-state index in [0.717, 1.165) is 16.2 Å². The Morgan fingerprint density at radius 3 is 2.11 bits per heavy atom. The average Bonchev–Trinajstić information content (AvgIpc) is 2.81. The van der Waals surface area contributed by atoms with Crippen LogP contribution >= 0.6 is 0 Å². The Bertz CT molecular complexity index is 977. The van der Waals surface area contributed by atoms with Gasteiger partial charge >= 0.3 is 24.4 Å². The zero-order valence-electron chi connectivity index (χ0n) is 19.1. The number of anilines is 1. The first-order chi connectivity index (χ1) is 16.8. The molecule has 1 N–H and O–H groups in total. The van der Waals surface area contributed by atoms with Crippen LogP contribution in [0.3, 0.4) is 0 Å². The topological polar surface area (TPSA) is 73.3 Å². The molecule has 3 rings (SSSR count). The van der Waals surface area contributed by atoms with Crippen molar-refractivity contribution in [3.8, 4) is 12.3 Å². The van der Waals surface area contributed by atoms with Gasteiger partial charge in [0.05, 0.1) is 5.92 Å². The number of carboxylic acid groups (broad SMARTS) is 1. The van der Waals surface area contributed by atoms with Gasteiger partial charge in [-0.1, -0.05) is 12.0 Å². The SMILES string of the molecule is C#Cc1ccc(CN2CCN(C(=O)OC(C(F)(F)F)C(F)(F)F)CC2)c(N2CCC(C(=O)O)CC2)c1. The Balaban J connectivity index is 1.63. The molecule has 36 heavy (non-hydrogen) atoms. The highest BCUT2D eigenvalue weighted by molar-refractivity contribution is 5.71. The Labute approximate surface area is 203 Å². The minimum atomic E-state index is -5.77. The molecule has 2 aliphatic heterocycles. The first-order valence-electron chi connectivity index (χ1n) is 11.2. The number of carbonyl (C=O) groups excluding carboxylic acids is 1. The third-order valence-electron chi connectivity index (χ3n) is 6.27. The van der Waals surface area contributed by atoms with Gasteiger partial charge in [0.2, 0.25) is 0 Å². The van der Waals surface area contributed by atoms with Crippen molar-refractivity contribution in [3.05, 3.63) is 29.3 Å². The molecule has 7 nitrogen and oxygen atoms in total. The van der Waals surface area contributed by atoms with E-state index in [1.807, 2.05) is 17.0 Å². The van der Waals surface area contributed by atoms with Crippen LogP contribution in [0.5, 0.6) is 0 Å². The van der Waals surface area contributed by atoms with Crippen LogP contribution in [0, 0.1) is 18.3 Å². The highest BCUT2D eigenvalue weighted by Crippen LogP contribution is 2.36. The summed E-state index contributed by atoms with van der Waals surface area (Å²) in [6, 6.07) is 5.43. The molecule has 2 saturated heterocycles. The summed E-state index contributed by atoms with van der Waals surface area (Å²) in [5.41, 5.74) is 2.37. The van der Waals surface area contributed by atoms with E-state index in [0.29, 0.717) is 38.0 Å². The van der Waals surface area contributed by atoms with Crippen molar-refractivity contribution in [3.63, 3.8) is 0 Å². The van der Waals surface area contributed by atoms with Gasteiger partial charge < -0.3 is 19.6 Å². The highest BCUT2D eigenvalue weighted by Gasteiger charge is 2.60. The third kappa shape index (κ3) is 6.75. The fourth-order valence-corrected chi connectivity index (χ4v) is 4.27. The van der Waals surface area contributed by atoms with E-state index in [2.05, 4.69) is 15.6 Å². The summed E-state index contributed by atoms with van der Waals surface area (Å²) in [4.78, 5) is 28.0. The lowest BCUT2D eigenvalue weighted by Crippen LogP contribution is -2.52. The lowest BCUT2D eigenvalue weighted by Gasteiger charge is -2.37. The van der Waals surface area contributed by atoms with Crippen LogP contribution in [-0.4, -0.2) is 84.7 Å². The van der Waals surface area contributed by atoms with Gasteiger partial charge in [0.1, 0.15) is 0 Å². The number of halogens is 6. The minimum Gasteiger partial charge on any atom is -0.481 e. The van der Waals surface area contributed by atoms with Crippen LogP contribution in [0.25, 0.3) is 0 Å². The van der Waals surface area contributed by atoms with Crippen LogP contribution in [0.2, 0.25) is 0 Å². The zero-order valence-corrected chi connectivity index (χ0v) is 19.1. The molecule has 0 aliphatic carbocycles. The number of nitrogens with zero attached hydrogens (tertiary/aromatic N) is 3. The second kappa shape index (κ2) is 10.9. The number of hydrogen-bond acceptors (Lipinski definition) is 5. The maximum Gasteiger partial charge on any atom is 0.434 e. The van der Waals surface area contributed by atoms with E-state index in [1.54, 1.807) is 6.07 Å². The summed E-state index contributed by atoms with van der Waals surface area (Å²) >= 11 is 0. The second-order valence-corrected chi connectivity index (χ2v) is 8.70. The highest BCUT2D eigenvalue weighted by atomic mass is 19.4. The van der Waals surface area contributed by atoms with E-state index >= 15 is 0 Å². The molecular formula is C23H25F6N3O4. The molecule has 0 radical (unpaired) electrons. The number of terminal acetylenes is 1. The molecule has 2 heterocycles. The molecule has 2 aliphatic rings. The summed E-state index contributed by atoms with van der Waals surface area (Å²) in [5, 5.41) is 9.24. The molecule has 0 aromatic heterocycles. The van der Waals surface area contributed by atoms with Crippen LogP contribution in [-0.2, 0) is 16.1 Å². The maximum atomic E-state index is 12.7. The quantitative estimate of drug-likeness (QED) is 0.471. The predicted octanol–water partition coefficient (Wildman–Crippen LogP) is 3.72. The molecule has 1 aromatic carbocycles. The minimum absolute atomic E-state index is 0.108. The molecule has 1 amide bonds. The van der Waals surface area contributed by atoms with Crippen LogP contribution in [0.4, 0.5) is 36.8 Å². The van der Waals surface area contributed by atoms with Gasteiger partial charge in [0.15, 0.2) is 0 Å². The molecule has 0 unspecified atom stereocenters. The van der Waals surface area contributed by atoms with Gasteiger partial charge in [0.25, 0.3) is 6.10 Å². The van der Waals surface area contributed by atoms with Gasteiger partial charge in [-0.05, 0) is 30.5 Å². The van der Waals surface area contributed by atoms with Crippen LogP contribution < -0.4 is 4.90 Å². The lowest BCUT2D eigenvalue weighted by atomic mass is 9.95. The molecule has 13 heteroatoms. The fourth-order valence-electron chi connectivity index (χ4n) is 4.27. The van der Waals surface area contributed by atoms with Gasteiger partial charge in [-0.3, -0.25) is 9.69 Å². The molecule has 2 fully saturated rings. The van der Waals surface area contributed by atoms with E-state index < -0.39 is 36.4 Å². The molecule has 0 saturated carbocycles. The molecule has 1 aromatic rings. The number of aliphatic carboxylic acids is 1. The summed E-state index contributed by atoms with van der Waals surface area (Å²) in [7, 11) is 0. The van der Waals surface area contributed by atoms with E-state index in [4.69, 9.17) is 6.42 Å². The molecular weight excluding hydrogens is 496 g/mol. The number of piperazine rings is 1. The summed E-state index contributed by atoms with van der Waals surface area (Å²) in [6.45, 7) is 1.64. The monoisotopic (exact) mass is 521 g/mol. The molecule has 0 atom stereocenters. The maximum absolute atomic E-state index is 12.7. The van der Waals surface area contributed by atoms with Crippen molar-refractivity contribution in [1.82, 2.24) is 9.80 Å². The van der Waals surface area contributed by atoms with Crippen molar-refractivity contribution in [1.29, 1.82) is 0 Å². The molecule has 0 spiro atoms. The normalized spacial score (nSPS) is 18.3. The fraction of sp³-hybridized carbons (Fsp3) is 0.565. The smallest absolute Gasteiger partial charge is 0.434 e. The number of alkyl halides is 6. The summed E-state index contributed by atoms with van der Waals surface area (Å²) < 4.78 is 79.9.